The zero-order valence-electron chi connectivity index (χ0n) is 10.7. The third-order valence-corrected chi connectivity index (χ3v) is 2.89. The first-order valence-electron chi connectivity index (χ1n) is 5.84. The zero-order valence-corrected chi connectivity index (χ0v) is 11.5. The largest absolute Gasteiger partial charge is 0.382 e. The number of aromatic nitrogens is 2. The molecule has 0 saturated carbocycles. The molecule has 0 saturated heterocycles. The molecule has 1 aromatic heterocycles. The Bertz CT molecular complexity index is 404. The predicted molar refractivity (Wildman–Crippen MR) is 69.9 cm³/mol. The van der Waals surface area contributed by atoms with Gasteiger partial charge in [-0.1, -0.05) is 19.1 Å². The van der Waals surface area contributed by atoms with E-state index in [2.05, 4.69) is 16.9 Å². The van der Waals surface area contributed by atoms with Crippen LogP contribution in [0, 0.1) is 11.6 Å². The van der Waals surface area contributed by atoms with Crippen LogP contribution >= 0.6 is 12.2 Å². The summed E-state index contributed by atoms with van der Waals surface area (Å²) in [4.78, 5) is 7.64. The maximum atomic E-state index is 5.40. The Kier molecular flexibility index (Phi) is 6.32. The molecule has 17 heavy (non-hydrogen) atoms. The van der Waals surface area contributed by atoms with Crippen molar-refractivity contribution in [3.63, 3.8) is 0 Å². The quantitative estimate of drug-likeness (QED) is 0.600. The fourth-order valence-electron chi connectivity index (χ4n) is 1.62. The van der Waals surface area contributed by atoms with Gasteiger partial charge >= 0.3 is 0 Å². The Balaban J connectivity index is 2.52. The summed E-state index contributed by atoms with van der Waals surface area (Å²) in [6, 6.07) is 0. The number of rotatable bonds is 7. The number of nitrogens with one attached hydrogen (secondary N) is 1. The van der Waals surface area contributed by atoms with E-state index < -0.39 is 0 Å². The van der Waals surface area contributed by atoms with Gasteiger partial charge in [0.25, 0.3) is 0 Å². The van der Waals surface area contributed by atoms with Crippen LogP contribution in [0.3, 0.4) is 0 Å². The molecule has 0 radical (unpaired) electrons. The molecule has 5 heteroatoms. The minimum Gasteiger partial charge on any atom is -0.382 e. The van der Waals surface area contributed by atoms with Crippen LogP contribution in [0.5, 0.6) is 0 Å². The molecule has 0 aliphatic rings. The van der Waals surface area contributed by atoms with Gasteiger partial charge in [-0.05, 0) is 13.3 Å². The van der Waals surface area contributed by atoms with Gasteiger partial charge in [0.15, 0.2) is 0 Å². The average molecular weight is 256 g/mol. The van der Waals surface area contributed by atoms with Crippen LogP contribution in [0.25, 0.3) is 0 Å². The number of aromatic amines is 1. The summed E-state index contributed by atoms with van der Waals surface area (Å²) >= 11 is 5.25. The molecule has 1 aromatic rings. The third kappa shape index (κ3) is 4.53. The molecule has 1 heterocycles. The van der Waals surface area contributed by atoms with Crippen molar-refractivity contribution >= 4 is 12.2 Å². The summed E-state index contributed by atoms with van der Waals surface area (Å²) in [7, 11) is 1.66. The lowest BCUT2D eigenvalue weighted by Crippen LogP contribution is -2.08. The summed E-state index contributed by atoms with van der Waals surface area (Å²) in [6.07, 6.45) is 1.66. The van der Waals surface area contributed by atoms with Crippen LogP contribution < -0.4 is 0 Å². The van der Waals surface area contributed by atoms with Crippen molar-refractivity contribution in [1.82, 2.24) is 9.97 Å². The first-order chi connectivity index (χ1) is 8.19. The number of ether oxygens (including phenoxy) is 2. The number of H-pyrrole nitrogens is 1. The summed E-state index contributed by atoms with van der Waals surface area (Å²) in [6.45, 7) is 5.99. The summed E-state index contributed by atoms with van der Waals surface area (Å²) in [5.74, 6) is 0.891. The number of hydrogen-bond acceptors (Lipinski definition) is 4. The molecule has 1 rings (SSSR count). The lowest BCUT2D eigenvalue weighted by Gasteiger charge is -2.07. The van der Waals surface area contributed by atoms with E-state index >= 15 is 0 Å². The van der Waals surface area contributed by atoms with Crippen molar-refractivity contribution in [2.45, 2.75) is 26.7 Å². The minimum absolute atomic E-state index is 0.614. The molecular formula is C12H20N2O2S. The zero-order chi connectivity index (χ0) is 12.7. The van der Waals surface area contributed by atoms with Crippen LogP contribution in [-0.4, -0.2) is 36.9 Å². The highest BCUT2D eigenvalue weighted by molar-refractivity contribution is 7.71. The molecule has 0 aliphatic heterocycles. The maximum absolute atomic E-state index is 5.40. The van der Waals surface area contributed by atoms with Crippen LogP contribution in [0.4, 0.5) is 0 Å². The Labute approximate surface area is 107 Å². The molecule has 0 atom stereocenters. The van der Waals surface area contributed by atoms with E-state index in [1.165, 1.54) is 0 Å². The van der Waals surface area contributed by atoms with E-state index in [-0.39, 0.29) is 0 Å². The molecular weight excluding hydrogens is 236 g/mol. The van der Waals surface area contributed by atoms with E-state index in [1.54, 1.807) is 7.11 Å². The topological polar surface area (TPSA) is 47.1 Å². The van der Waals surface area contributed by atoms with Gasteiger partial charge in [0, 0.05) is 24.8 Å². The molecule has 0 amide bonds. The van der Waals surface area contributed by atoms with Crippen LogP contribution in [0.2, 0.25) is 0 Å². The van der Waals surface area contributed by atoms with Crippen molar-refractivity contribution in [3.8, 4) is 0 Å². The fraction of sp³-hybridized carbons (Fsp3) is 0.667. The molecule has 0 aliphatic carbocycles. The standard InChI is InChI=1S/C12H20N2O2S/c1-4-10-9(2)13-11(14-12(10)17)5-6-16-8-7-15-3/h4-8H2,1-3H3,(H,13,14,17). The maximum Gasteiger partial charge on any atom is 0.133 e. The number of methoxy groups -OCH3 is 1. The molecule has 0 unspecified atom stereocenters. The predicted octanol–water partition coefficient (Wildman–Crippen LogP) is 2.22. The summed E-state index contributed by atoms with van der Waals surface area (Å²) < 4.78 is 11.0. The van der Waals surface area contributed by atoms with Gasteiger partial charge in [0.05, 0.1) is 19.8 Å². The molecule has 0 fully saturated rings. The van der Waals surface area contributed by atoms with Crippen molar-refractivity contribution in [3.05, 3.63) is 21.7 Å². The van der Waals surface area contributed by atoms with Gasteiger partial charge in [0.2, 0.25) is 0 Å². The second-order valence-electron chi connectivity index (χ2n) is 3.80. The van der Waals surface area contributed by atoms with Gasteiger partial charge in [-0.15, -0.1) is 0 Å². The molecule has 0 spiro atoms. The van der Waals surface area contributed by atoms with Crippen molar-refractivity contribution in [2.75, 3.05) is 26.9 Å². The SMILES string of the molecule is CCc1c(C)[nH]c(CCOCCOC)nc1=S. The van der Waals surface area contributed by atoms with Crippen molar-refractivity contribution < 1.29 is 9.47 Å². The highest BCUT2D eigenvalue weighted by atomic mass is 32.1. The van der Waals surface area contributed by atoms with Gasteiger partial charge < -0.3 is 14.5 Å². The van der Waals surface area contributed by atoms with E-state index in [1.807, 2.05) is 6.92 Å². The Hall–Kier alpha value is -0.780. The minimum atomic E-state index is 0.614. The van der Waals surface area contributed by atoms with Crippen LogP contribution in [0.1, 0.15) is 24.0 Å². The highest BCUT2D eigenvalue weighted by Gasteiger charge is 2.03. The summed E-state index contributed by atoms with van der Waals surface area (Å²) in [5.41, 5.74) is 2.24. The van der Waals surface area contributed by atoms with E-state index in [0.29, 0.717) is 24.5 Å². The fourth-order valence-corrected chi connectivity index (χ4v) is 2.03. The first-order valence-corrected chi connectivity index (χ1v) is 6.25. The normalized spacial score (nSPS) is 10.8. The van der Waals surface area contributed by atoms with Gasteiger partial charge in [-0.2, -0.15) is 0 Å². The lowest BCUT2D eigenvalue weighted by atomic mass is 10.2. The number of hydrogen-bond donors (Lipinski definition) is 1. The van der Waals surface area contributed by atoms with Crippen molar-refractivity contribution in [2.24, 2.45) is 0 Å². The van der Waals surface area contributed by atoms with E-state index in [4.69, 9.17) is 21.7 Å². The van der Waals surface area contributed by atoms with Crippen molar-refractivity contribution in [1.29, 1.82) is 0 Å². The molecule has 96 valence electrons. The first kappa shape index (κ1) is 14.3. The van der Waals surface area contributed by atoms with Gasteiger partial charge in [-0.3, -0.25) is 0 Å². The Morgan fingerprint density at radius 1 is 1.29 bits per heavy atom. The van der Waals surface area contributed by atoms with E-state index in [9.17, 15) is 0 Å². The van der Waals surface area contributed by atoms with Gasteiger partial charge in [0.1, 0.15) is 10.5 Å². The molecule has 1 N–H and O–H groups in total. The number of aryl methyl sites for hydroxylation is 1. The highest BCUT2D eigenvalue weighted by Crippen LogP contribution is 2.07. The average Bonchev–Trinajstić information content (AvgIpc) is 2.28. The smallest absolute Gasteiger partial charge is 0.133 e. The van der Waals surface area contributed by atoms with Gasteiger partial charge in [-0.25, -0.2) is 4.98 Å². The third-order valence-electron chi connectivity index (χ3n) is 2.55. The lowest BCUT2D eigenvalue weighted by molar-refractivity contribution is 0.0716. The molecule has 4 nitrogen and oxygen atoms in total. The van der Waals surface area contributed by atoms with E-state index in [0.717, 1.165) is 29.9 Å². The molecule has 0 bridgehead atoms. The monoisotopic (exact) mass is 256 g/mol. The Morgan fingerprint density at radius 3 is 2.65 bits per heavy atom. The summed E-state index contributed by atoms with van der Waals surface area (Å²) in [5, 5.41) is 0. The number of nitrogens with zero attached hydrogens (tertiary/aromatic N) is 1. The Morgan fingerprint density at radius 2 is 2.06 bits per heavy atom. The molecule has 0 aromatic carbocycles. The second-order valence-corrected chi connectivity index (χ2v) is 4.19. The van der Waals surface area contributed by atoms with Crippen LogP contribution in [0.15, 0.2) is 0 Å². The second kappa shape index (κ2) is 7.53. The van der Waals surface area contributed by atoms with Crippen LogP contribution in [-0.2, 0) is 22.3 Å².